The molecule has 2 unspecified atom stereocenters. The summed E-state index contributed by atoms with van der Waals surface area (Å²) in [6.07, 6.45) is 2.29. The molecule has 0 spiro atoms. The van der Waals surface area contributed by atoms with Crippen molar-refractivity contribution < 1.29 is 26.8 Å². The number of aromatic carboxylic acids is 1. The number of halogens is 1. The van der Waals surface area contributed by atoms with Gasteiger partial charge in [-0.1, -0.05) is 109 Å². The quantitative estimate of drug-likeness (QED) is 0.398. The van der Waals surface area contributed by atoms with E-state index >= 15 is 0 Å². The SMILES string of the molecule is C.C.C.C.C.C.CCC(C)c1ccc(C(=O)O)cc1.CCC(C)c1ccc(C[N+](C)(C)C)cc1.[Cl-]. The van der Waals surface area contributed by atoms with E-state index in [0.717, 1.165) is 17.4 Å². The zero-order chi connectivity index (χ0) is 21.3. The van der Waals surface area contributed by atoms with Gasteiger partial charge in [-0.15, -0.1) is 0 Å². The van der Waals surface area contributed by atoms with Gasteiger partial charge in [0.2, 0.25) is 0 Å². The standard InChI is InChI=1S/C14H24N.C11H14O2.6CH4.ClH/c1-6-12(2)14-9-7-13(8-10-14)11-15(3,4)5;1-3-8(2)9-4-6-10(7-5-9)11(12)13;;;;;;;/h7-10,12H,6,11H2,1-5H3;4-8H,3H2,1-2H3,(H,12,13);6*1H4;1H/q+1;;;;;;;;/p-1. The van der Waals surface area contributed by atoms with Crippen LogP contribution in [-0.4, -0.2) is 36.7 Å². The van der Waals surface area contributed by atoms with Crippen LogP contribution in [0.3, 0.4) is 0 Å². The topological polar surface area (TPSA) is 37.3 Å². The Morgan fingerprint density at radius 3 is 1.29 bits per heavy atom. The third kappa shape index (κ3) is 19.1. The number of carboxylic acids is 1. The lowest BCUT2D eigenvalue weighted by Crippen LogP contribution is -3.00. The van der Waals surface area contributed by atoms with Gasteiger partial charge in [-0.3, -0.25) is 0 Å². The fourth-order valence-electron chi connectivity index (χ4n) is 2.92. The van der Waals surface area contributed by atoms with E-state index in [9.17, 15) is 4.79 Å². The zero-order valence-corrected chi connectivity index (χ0v) is 19.8. The Bertz CT molecular complexity index is 719. The lowest BCUT2D eigenvalue weighted by molar-refractivity contribution is -0.884. The smallest absolute Gasteiger partial charge is 0.335 e. The van der Waals surface area contributed by atoms with E-state index in [-0.39, 0.29) is 57.0 Å². The average molecular weight is 516 g/mol. The normalized spacial score (nSPS) is 10.6. The highest BCUT2D eigenvalue weighted by Crippen LogP contribution is 2.20. The number of quaternary nitrogens is 1. The maximum atomic E-state index is 10.6. The number of nitrogens with zero attached hydrogens (tertiary/aromatic N) is 1. The molecule has 0 saturated carbocycles. The molecule has 0 aromatic heterocycles. The Balaban J connectivity index is -0.0000000751. The summed E-state index contributed by atoms with van der Waals surface area (Å²) >= 11 is 0. The van der Waals surface area contributed by atoms with Gasteiger partial charge in [0.15, 0.2) is 0 Å². The summed E-state index contributed by atoms with van der Waals surface area (Å²) in [6, 6.07) is 16.2. The summed E-state index contributed by atoms with van der Waals surface area (Å²) in [4.78, 5) is 10.6. The molecule has 0 radical (unpaired) electrons. The van der Waals surface area contributed by atoms with Crippen molar-refractivity contribution in [2.45, 2.75) is 103 Å². The fourth-order valence-corrected chi connectivity index (χ4v) is 2.92. The van der Waals surface area contributed by atoms with Crippen LogP contribution in [0.1, 0.15) is 124 Å². The molecule has 4 heteroatoms. The minimum absolute atomic E-state index is 0. The molecular weight excluding hydrogens is 454 g/mol. The van der Waals surface area contributed by atoms with Crippen LogP contribution in [0.15, 0.2) is 48.5 Å². The molecule has 35 heavy (non-hydrogen) atoms. The monoisotopic (exact) mass is 515 g/mol. The maximum Gasteiger partial charge on any atom is 0.335 e. The van der Waals surface area contributed by atoms with Gasteiger partial charge < -0.3 is 22.0 Å². The Labute approximate surface area is 228 Å². The van der Waals surface area contributed by atoms with Crippen LogP contribution in [0.2, 0.25) is 0 Å². The molecule has 0 aliphatic heterocycles. The van der Waals surface area contributed by atoms with Crippen LogP contribution < -0.4 is 12.4 Å². The highest BCUT2D eigenvalue weighted by atomic mass is 35.5. The first-order valence-electron chi connectivity index (χ1n) is 10.3. The molecule has 2 rings (SSSR count). The molecule has 1 N–H and O–H groups in total. The molecule has 0 aliphatic rings. The van der Waals surface area contributed by atoms with E-state index < -0.39 is 5.97 Å². The second-order valence-corrected chi connectivity index (χ2v) is 8.74. The molecule has 2 atom stereocenters. The Morgan fingerprint density at radius 1 is 0.714 bits per heavy atom. The highest BCUT2D eigenvalue weighted by molar-refractivity contribution is 5.87. The number of hydrogen-bond donors (Lipinski definition) is 1. The lowest BCUT2D eigenvalue weighted by Gasteiger charge is -2.24. The lowest BCUT2D eigenvalue weighted by atomic mass is 9.97. The van der Waals surface area contributed by atoms with Crippen molar-refractivity contribution in [3.63, 3.8) is 0 Å². The Morgan fingerprint density at radius 2 is 1.03 bits per heavy atom. The minimum atomic E-state index is -0.865. The molecule has 0 amide bonds. The number of carbonyl (C=O) groups is 1. The van der Waals surface area contributed by atoms with Crippen molar-refractivity contribution in [3.05, 3.63) is 70.8 Å². The van der Waals surface area contributed by atoms with Gasteiger partial charge in [0.05, 0.1) is 26.7 Å². The van der Waals surface area contributed by atoms with E-state index in [1.165, 1.54) is 23.1 Å². The second-order valence-electron chi connectivity index (χ2n) is 8.74. The van der Waals surface area contributed by atoms with Crippen LogP contribution in [0, 0.1) is 0 Å². The van der Waals surface area contributed by atoms with Crippen LogP contribution >= 0.6 is 0 Å². The molecule has 210 valence electrons. The van der Waals surface area contributed by atoms with Crippen molar-refractivity contribution in [2.24, 2.45) is 0 Å². The summed E-state index contributed by atoms with van der Waals surface area (Å²) in [6.45, 7) is 9.88. The van der Waals surface area contributed by atoms with Crippen molar-refractivity contribution in [1.82, 2.24) is 0 Å². The summed E-state index contributed by atoms with van der Waals surface area (Å²) in [7, 11) is 6.67. The van der Waals surface area contributed by atoms with Crippen molar-refractivity contribution in [1.29, 1.82) is 0 Å². The van der Waals surface area contributed by atoms with Crippen LogP contribution in [-0.2, 0) is 6.54 Å². The van der Waals surface area contributed by atoms with E-state index in [4.69, 9.17) is 5.11 Å². The Hall–Kier alpha value is -1.84. The van der Waals surface area contributed by atoms with Crippen molar-refractivity contribution in [2.75, 3.05) is 21.1 Å². The molecule has 3 nitrogen and oxygen atoms in total. The number of rotatable bonds is 7. The third-order valence-electron chi connectivity index (χ3n) is 5.16. The summed E-state index contributed by atoms with van der Waals surface area (Å²) < 4.78 is 0.989. The first-order valence-corrected chi connectivity index (χ1v) is 10.3. The van der Waals surface area contributed by atoms with Crippen molar-refractivity contribution in [3.8, 4) is 0 Å². The summed E-state index contributed by atoms with van der Waals surface area (Å²) in [5.74, 6) is 0.321. The largest absolute Gasteiger partial charge is 1.00 e. The summed E-state index contributed by atoms with van der Waals surface area (Å²) in [5, 5.41) is 8.67. The highest BCUT2D eigenvalue weighted by Gasteiger charge is 2.09. The molecule has 0 bridgehead atoms. The average Bonchev–Trinajstić information content (AvgIpc) is 2.66. The predicted octanol–water partition coefficient (Wildman–Crippen LogP) is 7.13. The van der Waals surface area contributed by atoms with Gasteiger partial charge in [-0.2, -0.15) is 0 Å². The Kier molecular flexibility index (Phi) is 34.2. The van der Waals surface area contributed by atoms with E-state index in [1.54, 1.807) is 12.1 Å². The first kappa shape index (κ1) is 50.1. The molecule has 2 aromatic carbocycles. The number of hydrogen-bond acceptors (Lipinski definition) is 1. The third-order valence-corrected chi connectivity index (χ3v) is 5.16. The van der Waals surface area contributed by atoms with Crippen molar-refractivity contribution >= 4 is 5.97 Å². The molecular formula is C31H62ClNO2. The van der Waals surface area contributed by atoms with Crippen LogP contribution in [0.5, 0.6) is 0 Å². The molecule has 0 heterocycles. The molecule has 0 fully saturated rings. The van der Waals surface area contributed by atoms with Gasteiger partial charge in [0.25, 0.3) is 0 Å². The minimum Gasteiger partial charge on any atom is -1.00 e. The van der Waals surface area contributed by atoms with E-state index in [2.05, 4.69) is 73.1 Å². The molecule has 0 saturated heterocycles. The molecule has 0 aliphatic carbocycles. The fraction of sp³-hybridized carbons (Fsp3) is 0.581. The van der Waals surface area contributed by atoms with Gasteiger partial charge in [0, 0.05) is 5.56 Å². The van der Waals surface area contributed by atoms with Crippen LogP contribution in [0.25, 0.3) is 0 Å². The van der Waals surface area contributed by atoms with E-state index in [1.807, 2.05) is 12.1 Å². The number of benzene rings is 2. The first-order chi connectivity index (χ1) is 13.1. The molecule has 2 aromatic rings. The second kappa shape index (κ2) is 23.9. The van der Waals surface area contributed by atoms with Gasteiger partial charge in [-0.05, 0) is 47.9 Å². The van der Waals surface area contributed by atoms with E-state index in [0.29, 0.717) is 17.4 Å². The predicted molar refractivity (Wildman–Crippen MR) is 159 cm³/mol. The van der Waals surface area contributed by atoms with Crippen LogP contribution in [0.4, 0.5) is 0 Å². The zero-order valence-electron chi connectivity index (χ0n) is 19.1. The van der Waals surface area contributed by atoms with Gasteiger partial charge in [-0.25, -0.2) is 4.79 Å². The summed E-state index contributed by atoms with van der Waals surface area (Å²) in [5.41, 5.74) is 4.44. The van der Waals surface area contributed by atoms with Gasteiger partial charge >= 0.3 is 5.97 Å². The number of carboxylic acid groups (broad SMARTS) is 1. The van der Waals surface area contributed by atoms with Gasteiger partial charge in [0.1, 0.15) is 6.54 Å². The maximum absolute atomic E-state index is 10.6.